The van der Waals surface area contributed by atoms with Gasteiger partial charge in [-0.1, -0.05) is 54.1 Å². The number of rotatable bonds is 5. The molecule has 8 heteroatoms. The van der Waals surface area contributed by atoms with Crippen molar-refractivity contribution in [3.63, 3.8) is 0 Å². The molecule has 3 N–H and O–H groups in total. The fraction of sp³-hybridized carbons (Fsp3) is 0.250. The number of phenols is 1. The first-order valence-electron chi connectivity index (χ1n) is 11.9. The number of hydrogen-bond donors (Lipinski definition) is 3. The van der Waals surface area contributed by atoms with Crippen LogP contribution in [0.15, 0.2) is 72.8 Å². The zero-order valence-corrected chi connectivity index (χ0v) is 20.0. The van der Waals surface area contributed by atoms with Gasteiger partial charge in [0, 0.05) is 28.9 Å². The molecule has 3 heterocycles. The zero-order valence-electron chi connectivity index (χ0n) is 19.3. The third-order valence-corrected chi connectivity index (χ3v) is 7.86. The molecule has 182 valence electrons. The number of anilines is 1. The first-order chi connectivity index (χ1) is 17.4. The van der Waals surface area contributed by atoms with Crippen LogP contribution >= 0.6 is 11.6 Å². The normalized spacial score (nSPS) is 26.4. The Bertz CT molecular complexity index is 1380. The highest BCUT2D eigenvalue weighted by molar-refractivity contribution is 6.31. The molecular formula is C28H24ClN3O4. The van der Waals surface area contributed by atoms with E-state index in [2.05, 4.69) is 10.6 Å². The molecule has 4 atom stereocenters. The molecule has 36 heavy (non-hydrogen) atoms. The number of nitrogens with one attached hydrogen (secondary N) is 2. The topological polar surface area (TPSA) is 98.7 Å². The molecule has 3 aromatic carbocycles. The summed E-state index contributed by atoms with van der Waals surface area (Å²) >= 11 is 6.32. The van der Waals surface area contributed by atoms with Crippen molar-refractivity contribution >= 4 is 35.0 Å². The van der Waals surface area contributed by atoms with Gasteiger partial charge >= 0.3 is 0 Å². The number of amides is 3. The lowest BCUT2D eigenvalue weighted by molar-refractivity contribution is -0.142. The Morgan fingerprint density at radius 3 is 2.42 bits per heavy atom. The van der Waals surface area contributed by atoms with Gasteiger partial charge in [-0.25, -0.2) is 0 Å². The lowest BCUT2D eigenvalue weighted by atomic mass is 9.76. The highest BCUT2D eigenvalue weighted by Crippen LogP contribution is 2.53. The van der Waals surface area contributed by atoms with Crippen molar-refractivity contribution in [2.24, 2.45) is 11.8 Å². The number of aromatic hydroxyl groups is 1. The van der Waals surface area contributed by atoms with Crippen molar-refractivity contribution < 1.29 is 19.5 Å². The molecule has 7 nitrogen and oxygen atoms in total. The Hall–Kier alpha value is -3.68. The van der Waals surface area contributed by atoms with Crippen LogP contribution in [0.1, 0.15) is 16.7 Å². The molecule has 3 amide bonds. The molecule has 0 aliphatic carbocycles. The molecule has 0 radical (unpaired) electrons. The number of likely N-dealkylation sites (tertiary alicyclic amines) is 1. The molecule has 0 unspecified atom stereocenters. The van der Waals surface area contributed by atoms with Gasteiger partial charge in [0.2, 0.25) is 17.7 Å². The number of halogens is 1. The monoisotopic (exact) mass is 501 g/mol. The van der Waals surface area contributed by atoms with Crippen molar-refractivity contribution in [2.45, 2.75) is 24.4 Å². The van der Waals surface area contributed by atoms with E-state index in [1.165, 1.54) is 4.90 Å². The first-order valence-corrected chi connectivity index (χ1v) is 12.3. The third-order valence-electron chi connectivity index (χ3n) is 7.63. The van der Waals surface area contributed by atoms with Gasteiger partial charge in [0.25, 0.3) is 0 Å². The SMILES string of the molecule is O=C1[C@@H]2[C@@H](C(=O)N1CCc1ccccc1)[C@]1(N[C@@H]2Cc2ccc(O)cc2)C(=O)Nc2ccc(Cl)cc21. The molecule has 0 bridgehead atoms. The number of fused-ring (bicyclic) bond motifs is 4. The Morgan fingerprint density at radius 2 is 1.67 bits per heavy atom. The van der Waals surface area contributed by atoms with Crippen LogP contribution in [0.4, 0.5) is 5.69 Å². The number of hydrogen-bond acceptors (Lipinski definition) is 5. The molecule has 2 saturated heterocycles. The lowest BCUT2D eigenvalue weighted by Crippen LogP contribution is -2.53. The fourth-order valence-electron chi connectivity index (χ4n) is 6.00. The summed E-state index contributed by atoms with van der Waals surface area (Å²) in [5.74, 6) is -2.42. The Labute approximate surface area is 213 Å². The van der Waals surface area contributed by atoms with Gasteiger partial charge in [0.15, 0.2) is 0 Å². The quantitative estimate of drug-likeness (QED) is 0.466. The maximum absolute atomic E-state index is 13.9. The maximum Gasteiger partial charge on any atom is 0.250 e. The summed E-state index contributed by atoms with van der Waals surface area (Å²) in [4.78, 5) is 42.5. The predicted molar refractivity (Wildman–Crippen MR) is 134 cm³/mol. The Balaban J connectivity index is 1.40. The molecule has 3 aliphatic heterocycles. The lowest BCUT2D eigenvalue weighted by Gasteiger charge is -2.29. The van der Waals surface area contributed by atoms with E-state index in [0.29, 0.717) is 29.1 Å². The largest absolute Gasteiger partial charge is 0.508 e. The zero-order chi connectivity index (χ0) is 25.0. The highest BCUT2D eigenvalue weighted by atomic mass is 35.5. The van der Waals surface area contributed by atoms with E-state index >= 15 is 0 Å². The number of imide groups is 1. The molecule has 0 aromatic heterocycles. The molecule has 0 saturated carbocycles. The van der Waals surface area contributed by atoms with Gasteiger partial charge in [-0.15, -0.1) is 0 Å². The summed E-state index contributed by atoms with van der Waals surface area (Å²) in [6.07, 6.45) is 0.952. The summed E-state index contributed by atoms with van der Waals surface area (Å²) in [6.45, 7) is 0.251. The summed E-state index contributed by atoms with van der Waals surface area (Å²) in [5, 5.41) is 16.4. The molecule has 1 spiro atoms. The number of carbonyl (C=O) groups is 3. The summed E-state index contributed by atoms with van der Waals surface area (Å²) in [6, 6.07) is 21.1. The smallest absolute Gasteiger partial charge is 0.250 e. The molecule has 2 fully saturated rings. The van der Waals surface area contributed by atoms with Crippen molar-refractivity contribution in [1.29, 1.82) is 0 Å². The number of nitrogens with zero attached hydrogens (tertiary/aromatic N) is 1. The minimum absolute atomic E-state index is 0.144. The van der Waals surface area contributed by atoms with E-state index in [9.17, 15) is 19.5 Å². The number of carbonyl (C=O) groups excluding carboxylic acids is 3. The molecule has 3 aromatic rings. The molecule has 6 rings (SSSR count). The van der Waals surface area contributed by atoms with Crippen molar-refractivity contribution in [1.82, 2.24) is 10.2 Å². The van der Waals surface area contributed by atoms with Crippen LogP contribution in [-0.2, 0) is 32.8 Å². The van der Waals surface area contributed by atoms with Crippen molar-refractivity contribution in [3.05, 3.63) is 94.5 Å². The van der Waals surface area contributed by atoms with Gasteiger partial charge in [0.1, 0.15) is 11.3 Å². The van der Waals surface area contributed by atoms with E-state index in [1.807, 2.05) is 30.3 Å². The minimum Gasteiger partial charge on any atom is -0.508 e. The van der Waals surface area contributed by atoms with Gasteiger partial charge in [-0.3, -0.25) is 24.6 Å². The van der Waals surface area contributed by atoms with Gasteiger partial charge in [-0.05, 0) is 54.3 Å². The Morgan fingerprint density at radius 1 is 0.917 bits per heavy atom. The molecule has 3 aliphatic rings. The van der Waals surface area contributed by atoms with Crippen LogP contribution < -0.4 is 10.6 Å². The van der Waals surface area contributed by atoms with E-state index in [0.717, 1.165) is 11.1 Å². The summed E-state index contributed by atoms with van der Waals surface area (Å²) in [7, 11) is 0. The van der Waals surface area contributed by atoms with Crippen LogP contribution in [0.2, 0.25) is 5.02 Å². The van der Waals surface area contributed by atoms with E-state index in [1.54, 1.807) is 42.5 Å². The summed E-state index contributed by atoms with van der Waals surface area (Å²) < 4.78 is 0. The average molecular weight is 502 g/mol. The maximum atomic E-state index is 13.9. The van der Waals surface area contributed by atoms with E-state index < -0.39 is 23.4 Å². The standard InChI is InChI=1S/C28H24ClN3O4/c29-18-8-11-21-20(15-18)28(27(36)30-21)24-23(22(31-28)14-17-6-9-19(33)10-7-17)25(34)32(26(24)35)13-12-16-4-2-1-3-5-16/h1-11,15,22-24,31,33H,12-14H2,(H,30,36)/t22-,23+,24+,28+/m1/s1. The van der Waals surface area contributed by atoms with Crippen LogP contribution in [0.3, 0.4) is 0 Å². The van der Waals surface area contributed by atoms with Gasteiger partial charge in [-0.2, -0.15) is 0 Å². The second kappa shape index (κ2) is 8.47. The summed E-state index contributed by atoms with van der Waals surface area (Å²) in [5.41, 5.74) is 1.70. The predicted octanol–water partition coefficient (Wildman–Crippen LogP) is 3.25. The fourth-order valence-corrected chi connectivity index (χ4v) is 6.17. The van der Waals surface area contributed by atoms with Gasteiger partial charge in [0.05, 0.1) is 11.8 Å². The Kier molecular flexibility index (Phi) is 5.35. The first kappa shape index (κ1) is 22.8. The van der Waals surface area contributed by atoms with Crippen molar-refractivity contribution in [3.8, 4) is 5.75 Å². The van der Waals surface area contributed by atoms with Crippen LogP contribution in [0, 0.1) is 11.8 Å². The number of phenolic OH excluding ortho intramolecular Hbond substituents is 1. The van der Waals surface area contributed by atoms with Gasteiger partial charge < -0.3 is 10.4 Å². The highest BCUT2D eigenvalue weighted by Gasteiger charge is 2.70. The minimum atomic E-state index is -1.39. The third kappa shape index (κ3) is 3.42. The van der Waals surface area contributed by atoms with Crippen LogP contribution in [0.25, 0.3) is 0 Å². The second-order valence-electron chi connectivity index (χ2n) is 9.64. The second-order valence-corrected chi connectivity index (χ2v) is 10.1. The van der Waals surface area contributed by atoms with Crippen LogP contribution in [-0.4, -0.2) is 40.3 Å². The van der Waals surface area contributed by atoms with E-state index in [-0.39, 0.29) is 30.0 Å². The van der Waals surface area contributed by atoms with Crippen LogP contribution in [0.5, 0.6) is 5.75 Å². The van der Waals surface area contributed by atoms with Crippen molar-refractivity contribution in [2.75, 3.05) is 11.9 Å². The molecular weight excluding hydrogens is 478 g/mol. The number of benzene rings is 3. The average Bonchev–Trinajstić information content (AvgIpc) is 3.44. The van der Waals surface area contributed by atoms with E-state index in [4.69, 9.17) is 11.6 Å².